The lowest BCUT2D eigenvalue weighted by Crippen LogP contribution is -2.12. The number of aliphatic hydroxyl groups excluding tert-OH is 1. The third-order valence-electron chi connectivity index (χ3n) is 2.69. The maximum atomic E-state index is 11.9. The quantitative estimate of drug-likeness (QED) is 0.771. The summed E-state index contributed by atoms with van der Waals surface area (Å²) in [7, 11) is 0. The average molecular weight is 244 g/mol. The molecule has 3 N–H and O–H groups in total. The van der Waals surface area contributed by atoms with Gasteiger partial charge in [-0.05, 0) is 43.2 Å². The van der Waals surface area contributed by atoms with Crippen LogP contribution in [0.15, 0.2) is 36.4 Å². The Balaban J connectivity index is 2.03. The number of hydrogen-bond donors (Lipinski definition) is 3. The van der Waals surface area contributed by atoms with Gasteiger partial charge in [0, 0.05) is 18.0 Å². The second kappa shape index (κ2) is 5.51. The first-order valence-corrected chi connectivity index (χ1v) is 5.86. The molecule has 0 aliphatic carbocycles. The Hall–Kier alpha value is -2.07. The summed E-state index contributed by atoms with van der Waals surface area (Å²) in [4.78, 5) is 14.8. The molecule has 0 saturated carbocycles. The van der Waals surface area contributed by atoms with Crippen molar-refractivity contribution in [3.8, 4) is 0 Å². The van der Waals surface area contributed by atoms with Crippen LogP contribution in [0.5, 0.6) is 0 Å². The van der Waals surface area contributed by atoms with Crippen molar-refractivity contribution >= 4 is 11.6 Å². The largest absolute Gasteiger partial charge is 0.396 e. The van der Waals surface area contributed by atoms with Crippen LogP contribution in [0.25, 0.3) is 0 Å². The minimum atomic E-state index is -0.155. The summed E-state index contributed by atoms with van der Waals surface area (Å²) in [5.41, 5.74) is 3.30. The molecule has 1 aromatic heterocycles. The fourth-order valence-electron chi connectivity index (χ4n) is 1.72. The maximum absolute atomic E-state index is 11.9. The fourth-order valence-corrected chi connectivity index (χ4v) is 1.72. The van der Waals surface area contributed by atoms with Crippen LogP contribution in [0.1, 0.15) is 21.7 Å². The smallest absolute Gasteiger partial charge is 0.272 e. The van der Waals surface area contributed by atoms with Crippen molar-refractivity contribution in [1.82, 2.24) is 4.98 Å². The molecule has 0 atom stereocenters. The number of rotatable bonds is 4. The number of hydrogen-bond acceptors (Lipinski definition) is 2. The van der Waals surface area contributed by atoms with Crippen molar-refractivity contribution in [3.63, 3.8) is 0 Å². The lowest BCUT2D eigenvalue weighted by molar-refractivity contribution is 0.102. The average Bonchev–Trinajstić information content (AvgIpc) is 2.79. The SMILES string of the molecule is Cc1ccc(C(=O)Nc2ccc(CCO)cc2)[nH]1. The molecule has 0 bridgehead atoms. The number of aliphatic hydroxyl groups is 1. The van der Waals surface area contributed by atoms with Gasteiger partial charge in [0.2, 0.25) is 0 Å². The molecule has 94 valence electrons. The Kier molecular flexibility index (Phi) is 3.79. The van der Waals surface area contributed by atoms with Crippen LogP contribution in [0.4, 0.5) is 5.69 Å². The van der Waals surface area contributed by atoms with E-state index in [1.54, 1.807) is 6.07 Å². The molecule has 0 aliphatic heterocycles. The van der Waals surface area contributed by atoms with E-state index in [1.807, 2.05) is 37.3 Å². The molecule has 0 fully saturated rings. The molecule has 18 heavy (non-hydrogen) atoms. The minimum absolute atomic E-state index is 0.132. The number of aryl methyl sites for hydroxylation is 1. The van der Waals surface area contributed by atoms with Crippen LogP contribution in [0, 0.1) is 6.92 Å². The summed E-state index contributed by atoms with van der Waals surface area (Å²) in [6.45, 7) is 2.04. The number of carbonyl (C=O) groups is 1. The van der Waals surface area contributed by atoms with Gasteiger partial charge < -0.3 is 15.4 Å². The zero-order chi connectivity index (χ0) is 13.0. The number of benzene rings is 1. The molecular weight excluding hydrogens is 228 g/mol. The molecular formula is C14H16N2O2. The molecule has 2 rings (SSSR count). The molecule has 4 nitrogen and oxygen atoms in total. The maximum Gasteiger partial charge on any atom is 0.272 e. The standard InChI is InChI=1S/C14H16N2O2/c1-10-2-7-13(15-10)14(18)16-12-5-3-11(4-6-12)8-9-17/h2-7,15,17H,8-9H2,1H3,(H,16,18). The fraction of sp³-hybridized carbons (Fsp3) is 0.214. The predicted octanol–water partition coefficient (Wildman–Crippen LogP) is 2.11. The molecule has 1 heterocycles. The summed E-state index contributed by atoms with van der Waals surface area (Å²) in [6, 6.07) is 11.1. The van der Waals surface area contributed by atoms with E-state index in [-0.39, 0.29) is 12.5 Å². The van der Waals surface area contributed by atoms with Crippen LogP contribution in [0.2, 0.25) is 0 Å². The topological polar surface area (TPSA) is 65.1 Å². The van der Waals surface area contributed by atoms with Crippen LogP contribution in [-0.4, -0.2) is 22.6 Å². The highest BCUT2D eigenvalue weighted by molar-refractivity contribution is 6.03. The van der Waals surface area contributed by atoms with E-state index in [0.717, 1.165) is 16.9 Å². The van der Waals surface area contributed by atoms with E-state index in [4.69, 9.17) is 5.11 Å². The number of anilines is 1. The molecule has 0 spiro atoms. The van der Waals surface area contributed by atoms with Crippen molar-refractivity contribution in [2.45, 2.75) is 13.3 Å². The highest BCUT2D eigenvalue weighted by Gasteiger charge is 2.07. The zero-order valence-corrected chi connectivity index (χ0v) is 10.2. The second-order valence-electron chi connectivity index (χ2n) is 4.18. The molecule has 2 aromatic rings. The van der Waals surface area contributed by atoms with Crippen LogP contribution in [-0.2, 0) is 6.42 Å². The van der Waals surface area contributed by atoms with Crippen LogP contribution in [0.3, 0.4) is 0 Å². The Morgan fingerprint density at radius 3 is 2.50 bits per heavy atom. The van der Waals surface area contributed by atoms with Gasteiger partial charge in [0.15, 0.2) is 0 Å². The van der Waals surface area contributed by atoms with Crippen LogP contribution < -0.4 is 5.32 Å². The van der Waals surface area contributed by atoms with Gasteiger partial charge in [0.05, 0.1) is 0 Å². The second-order valence-corrected chi connectivity index (χ2v) is 4.18. The van der Waals surface area contributed by atoms with Crippen molar-refractivity contribution in [2.75, 3.05) is 11.9 Å². The number of amides is 1. The van der Waals surface area contributed by atoms with E-state index in [2.05, 4.69) is 10.3 Å². The van der Waals surface area contributed by atoms with E-state index in [0.29, 0.717) is 12.1 Å². The first-order valence-electron chi connectivity index (χ1n) is 5.86. The van der Waals surface area contributed by atoms with Gasteiger partial charge in [-0.3, -0.25) is 4.79 Å². The van der Waals surface area contributed by atoms with Gasteiger partial charge in [0.25, 0.3) is 5.91 Å². The number of carbonyl (C=O) groups excluding carboxylic acids is 1. The van der Waals surface area contributed by atoms with E-state index >= 15 is 0 Å². The van der Waals surface area contributed by atoms with Crippen molar-refractivity contribution in [3.05, 3.63) is 53.3 Å². The number of nitrogens with one attached hydrogen (secondary N) is 2. The molecule has 1 amide bonds. The van der Waals surface area contributed by atoms with Gasteiger partial charge in [0.1, 0.15) is 5.69 Å². The Morgan fingerprint density at radius 1 is 1.22 bits per heavy atom. The predicted molar refractivity (Wildman–Crippen MR) is 70.7 cm³/mol. The van der Waals surface area contributed by atoms with Crippen LogP contribution >= 0.6 is 0 Å². The summed E-state index contributed by atoms with van der Waals surface area (Å²) in [6.07, 6.45) is 0.629. The van der Waals surface area contributed by atoms with Gasteiger partial charge >= 0.3 is 0 Å². The summed E-state index contributed by atoms with van der Waals surface area (Å²) < 4.78 is 0. The van der Waals surface area contributed by atoms with Gasteiger partial charge in [-0.25, -0.2) is 0 Å². The summed E-state index contributed by atoms with van der Waals surface area (Å²) in [5, 5.41) is 11.6. The van der Waals surface area contributed by atoms with Crippen molar-refractivity contribution in [1.29, 1.82) is 0 Å². The Labute approximate surface area is 106 Å². The first kappa shape index (κ1) is 12.4. The Morgan fingerprint density at radius 2 is 1.94 bits per heavy atom. The highest BCUT2D eigenvalue weighted by atomic mass is 16.2. The molecule has 1 aromatic carbocycles. The number of H-pyrrole nitrogens is 1. The molecule has 0 aliphatic rings. The number of aromatic amines is 1. The molecule has 0 unspecified atom stereocenters. The summed E-state index contributed by atoms with van der Waals surface area (Å²) >= 11 is 0. The van der Waals surface area contributed by atoms with Gasteiger partial charge in [-0.1, -0.05) is 12.1 Å². The van der Waals surface area contributed by atoms with Gasteiger partial charge in [-0.15, -0.1) is 0 Å². The van der Waals surface area contributed by atoms with Crippen molar-refractivity contribution in [2.24, 2.45) is 0 Å². The molecule has 0 radical (unpaired) electrons. The summed E-state index contributed by atoms with van der Waals surface area (Å²) in [5.74, 6) is -0.155. The minimum Gasteiger partial charge on any atom is -0.396 e. The lowest BCUT2D eigenvalue weighted by atomic mass is 10.1. The van der Waals surface area contributed by atoms with E-state index in [1.165, 1.54) is 0 Å². The monoisotopic (exact) mass is 244 g/mol. The van der Waals surface area contributed by atoms with E-state index < -0.39 is 0 Å². The third-order valence-corrected chi connectivity index (χ3v) is 2.69. The van der Waals surface area contributed by atoms with E-state index in [9.17, 15) is 4.79 Å². The molecule has 4 heteroatoms. The normalized spacial score (nSPS) is 10.3. The Bertz CT molecular complexity index is 529. The third kappa shape index (κ3) is 2.99. The molecule has 0 saturated heterocycles. The first-order chi connectivity index (χ1) is 8.69. The lowest BCUT2D eigenvalue weighted by Gasteiger charge is -2.05. The number of aromatic nitrogens is 1. The van der Waals surface area contributed by atoms with Gasteiger partial charge in [-0.2, -0.15) is 0 Å². The van der Waals surface area contributed by atoms with Crippen molar-refractivity contribution < 1.29 is 9.90 Å². The highest BCUT2D eigenvalue weighted by Crippen LogP contribution is 2.11. The zero-order valence-electron chi connectivity index (χ0n) is 10.2.